The van der Waals surface area contributed by atoms with Crippen molar-refractivity contribution >= 4 is 23.9 Å². The molecule has 3 amide bonds. The maximum Gasteiger partial charge on any atom is 0.414 e. The van der Waals surface area contributed by atoms with E-state index in [1.807, 2.05) is 5.32 Å². The van der Waals surface area contributed by atoms with E-state index in [0.29, 0.717) is 6.61 Å². The van der Waals surface area contributed by atoms with E-state index in [2.05, 4.69) is 30.6 Å². The van der Waals surface area contributed by atoms with Gasteiger partial charge in [-0.25, -0.2) is 33.3 Å². The highest BCUT2D eigenvalue weighted by Gasteiger charge is 2.56. The molecule has 1 atom stereocenters. The van der Waals surface area contributed by atoms with Crippen molar-refractivity contribution in [1.29, 1.82) is 0 Å². The van der Waals surface area contributed by atoms with E-state index in [1.165, 1.54) is 30.5 Å². The van der Waals surface area contributed by atoms with Gasteiger partial charge in [0.15, 0.2) is 5.82 Å². The van der Waals surface area contributed by atoms with Crippen LogP contribution in [0.5, 0.6) is 11.8 Å². The topological polar surface area (TPSA) is 147 Å². The van der Waals surface area contributed by atoms with E-state index in [4.69, 9.17) is 9.47 Å². The predicted octanol–water partition coefficient (Wildman–Crippen LogP) is 2.82. The van der Waals surface area contributed by atoms with Crippen molar-refractivity contribution in [2.24, 2.45) is 0 Å². The lowest BCUT2D eigenvalue weighted by Crippen LogP contribution is -2.63. The normalized spacial score (nSPS) is 19.9. The number of carbonyl (C=O) groups is 2. The van der Waals surface area contributed by atoms with Crippen molar-refractivity contribution in [3.8, 4) is 11.8 Å². The number of hydrogen-bond donors (Lipinski definition) is 3. The van der Waals surface area contributed by atoms with Crippen molar-refractivity contribution < 1.29 is 41.0 Å². The highest BCUT2D eigenvalue weighted by molar-refractivity contribution is 5.88. The van der Waals surface area contributed by atoms with Crippen molar-refractivity contribution in [2.75, 3.05) is 50.1 Å². The van der Waals surface area contributed by atoms with Gasteiger partial charge in [-0.2, -0.15) is 18.2 Å². The van der Waals surface area contributed by atoms with Crippen molar-refractivity contribution in [3.63, 3.8) is 0 Å². The molecule has 18 heteroatoms. The standard InChI is InChI=1S/C24H30F5N9O4/c1-3-41-18-13-32-16(12-33-18)34-20(39)37(2)15-14-38(11-7-23(15,25)26)19-31-8-4-17(35-19)42-21(40)36-22(24(27,28)29)5-9-30-10-6-22/h4,8,12-13,15,30H,3,5-7,9-11,14H2,1-2H3,(H,36,40)(H,32,34,39)/t15-/m0/s1. The average Bonchev–Trinajstić information content (AvgIpc) is 2.94. The monoisotopic (exact) mass is 603 g/mol. The van der Waals surface area contributed by atoms with Crippen LogP contribution in [0.4, 0.5) is 43.3 Å². The van der Waals surface area contributed by atoms with Gasteiger partial charge in [0.2, 0.25) is 17.7 Å². The molecule has 0 saturated carbocycles. The fourth-order valence-electron chi connectivity index (χ4n) is 4.60. The lowest BCUT2D eigenvalue weighted by Gasteiger charge is -2.42. The number of piperidine rings is 2. The number of anilines is 2. The fourth-order valence-corrected chi connectivity index (χ4v) is 4.60. The molecule has 2 saturated heterocycles. The third-order valence-corrected chi connectivity index (χ3v) is 6.98. The first kappa shape index (κ1) is 30.9. The van der Waals surface area contributed by atoms with E-state index < -0.39 is 48.8 Å². The zero-order chi connectivity index (χ0) is 30.5. The highest BCUT2D eigenvalue weighted by atomic mass is 19.4. The summed E-state index contributed by atoms with van der Waals surface area (Å²) >= 11 is 0. The van der Waals surface area contributed by atoms with E-state index >= 15 is 0 Å². The van der Waals surface area contributed by atoms with E-state index in [0.717, 1.165) is 11.0 Å². The molecule has 4 heterocycles. The van der Waals surface area contributed by atoms with Crippen LogP contribution < -0.4 is 30.3 Å². The van der Waals surface area contributed by atoms with Crippen LogP contribution in [-0.4, -0.2) is 100 Å². The quantitative estimate of drug-likeness (QED) is 0.404. The summed E-state index contributed by atoms with van der Waals surface area (Å²) in [6.07, 6.45) is -3.82. The fraction of sp³-hybridized carbons (Fsp3) is 0.583. The molecule has 0 unspecified atom stereocenters. The second-order valence-corrected chi connectivity index (χ2v) is 9.73. The van der Waals surface area contributed by atoms with Gasteiger partial charge in [-0.15, -0.1) is 0 Å². The van der Waals surface area contributed by atoms with Crippen LogP contribution >= 0.6 is 0 Å². The molecule has 0 aromatic carbocycles. The smallest absolute Gasteiger partial charge is 0.414 e. The molecule has 2 aromatic heterocycles. The Balaban J connectivity index is 1.42. The number of hydrogen-bond acceptors (Lipinski definition) is 10. The number of urea groups is 1. The molecule has 13 nitrogen and oxygen atoms in total. The van der Waals surface area contributed by atoms with E-state index in [1.54, 1.807) is 6.92 Å². The van der Waals surface area contributed by atoms with Crippen LogP contribution in [0.15, 0.2) is 24.7 Å². The number of ether oxygens (including phenoxy) is 2. The lowest BCUT2D eigenvalue weighted by molar-refractivity contribution is -0.200. The molecule has 0 spiro atoms. The summed E-state index contributed by atoms with van der Waals surface area (Å²) in [6.45, 7) is 1.62. The molecule has 230 valence electrons. The minimum atomic E-state index is -4.71. The highest BCUT2D eigenvalue weighted by Crippen LogP contribution is 2.37. The van der Waals surface area contributed by atoms with Gasteiger partial charge < -0.3 is 29.9 Å². The van der Waals surface area contributed by atoms with Gasteiger partial charge in [0, 0.05) is 38.8 Å². The van der Waals surface area contributed by atoms with Crippen LogP contribution in [0, 0.1) is 0 Å². The Kier molecular flexibility index (Phi) is 9.12. The molecule has 2 fully saturated rings. The van der Waals surface area contributed by atoms with Crippen molar-refractivity contribution in [2.45, 2.75) is 49.9 Å². The zero-order valence-electron chi connectivity index (χ0n) is 22.7. The Hall–Kier alpha value is -4.09. The van der Waals surface area contributed by atoms with Gasteiger partial charge in [0.1, 0.15) is 11.6 Å². The first-order valence-electron chi connectivity index (χ1n) is 13.1. The second kappa shape index (κ2) is 12.4. The van der Waals surface area contributed by atoms with E-state index in [-0.39, 0.29) is 56.0 Å². The maximum absolute atomic E-state index is 14.9. The summed E-state index contributed by atoms with van der Waals surface area (Å²) < 4.78 is 81.4. The third kappa shape index (κ3) is 7.03. The Bertz CT molecular complexity index is 1250. The SMILES string of the molecule is CCOc1cnc(NC(=O)N(C)[C@H]2CN(c3nccc(OC(=O)NC4(C(F)(F)F)CCNCC4)n3)CCC2(F)F)cn1. The first-order valence-corrected chi connectivity index (χ1v) is 13.1. The first-order chi connectivity index (χ1) is 19.8. The molecule has 0 bridgehead atoms. The van der Waals surface area contributed by atoms with Crippen LogP contribution in [0.2, 0.25) is 0 Å². The van der Waals surface area contributed by atoms with Crippen LogP contribution in [0.3, 0.4) is 0 Å². The molecular weight excluding hydrogens is 573 g/mol. The number of nitrogens with zero attached hydrogens (tertiary/aromatic N) is 6. The van der Waals surface area contributed by atoms with Gasteiger partial charge in [-0.3, -0.25) is 5.32 Å². The molecular formula is C24H30F5N9O4. The number of alkyl halides is 5. The molecule has 3 N–H and O–H groups in total. The molecule has 2 aliphatic rings. The largest absolute Gasteiger partial charge is 0.477 e. The van der Waals surface area contributed by atoms with Crippen molar-refractivity contribution in [1.82, 2.24) is 35.5 Å². The van der Waals surface area contributed by atoms with Crippen LogP contribution in [0.25, 0.3) is 0 Å². The number of halogens is 5. The predicted molar refractivity (Wildman–Crippen MR) is 138 cm³/mol. The molecule has 0 radical (unpaired) electrons. The number of likely N-dealkylation sites (N-methyl/N-ethyl adjacent to an activating group) is 1. The molecule has 42 heavy (non-hydrogen) atoms. The summed E-state index contributed by atoms with van der Waals surface area (Å²) in [6, 6.07) is -1.34. The average molecular weight is 604 g/mol. The Morgan fingerprint density at radius 2 is 1.88 bits per heavy atom. The minimum absolute atomic E-state index is 0.0227. The van der Waals surface area contributed by atoms with Gasteiger partial charge >= 0.3 is 18.3 Å². The Labute approximate surface area is 237 Å². The second-order valence-electron chi connectivity index (χ2n) is 9.73. The summed E-state index contributed by atoms with van der Waals surface area (Å²) in [4.78, 5) is 43.4. The zero-order valence-corrected chi connectivity index (χ0v) is 22.7. The molecule has 0 aliphatic carbocycles. The summed E-state index contributed by atoms with van der Waals surface area (Å²) in [5, 5.41) is 7.14. The molecule has 2 aliphatic heterocycles. The number of carbonyl (C=O) groups excluding carboxylic acids is 2. The lowest BCUT2D eigenvalue weighted by atomic mass is 9.88. The van der Waals surface area contributed by atoms with Gasteiger partial charge in [-0.05, 0) is 32.9 Å². The van der Waals surface area contributed by atoms with Gasteiger partial charge in [0.25, 0.3) is 5.92 Å². The minimum Gasteiger partial charge on any atom is -0.477 e. The third-order valence-electron chi connectivity index (χ3n) is 6.98. The molecule has 4 rings (SSSR count). The molecule has 2 aromatic rings. The van der Waals surface area contributed by atoms with Crippen molar-refractivity contribution in [3.05, 3.63) is 24.7 Å². The number of nitrogens with one attached hydrogen (secondary N) is 3. The maximum atomic E-state index is 14.9. The summed E-state index contributed by atoms with van der Waals surface area (Å²) in [7, 11) is 1.20. The Morgan fingerprint density at radius 3 is 2.52 bits per heavy atom. The van der Waals surface area contributed by atoms with Crippen LogP contribution in [0.1, 0.15) is 26.2 Å². The number of amides is 3. The van der Waals surface area contributed by atoms with Crippen LogP contribution in [-0.2, 0) is 0 Å². The summed E-state index contributed by atoms with van der Waals surface area (Å²) in [5.74, 6) is -3.51. The number of rotatable bonds is 7. The van der Waals surface area contributed by atoms with E-state index in [9.17, 15) is 31.5 Å². The Morgan fingerprint density at radius 1 is 1.14 bits per heavy atom. The van der Waals surface area contributed by atoms with Gasteiger partial charge in [-0.1, -0.05) is 0 Å². The number of aromatic nitrogens is 4. The van der Waals surface area contributed by atoms with Gasteiger partial charge in [0.05, 0.1) is 19.0 Å². The summed E-state index contributed by atoms with van der Waals surface area (Å²) in [5.41, 5.74) is -2.46.